The SMILES string of the molecule is CCCCCCc1ccccc1NC(=O)Nc1c(C(C)C)cccc1C(C)C. The number of hydrogen-bond acceptors (Lipinski definition) is 1. The Morgan fingerprint density at radius 1 is 0.821 bits per heavy atom. The Morgan fingerprint density at radius 3 is 2.07 bits per heavy atom. The van der Waals surface area contributed by atoms with Crippen LogP contribution in [0, 0.1) is 0 Å². The van der Waals surface area contributed by atoms with Crippen molar-refractivity contribution in [3.8, 4) is 0 Å². The lowest BCUT2D eigenvalue weighted by Crippen LogP contribution is -2.22. The van der Waals surface area contributed by atoms with Gasteiger partial charge in [0, 0.05) is 11.4 Å². The standard InChI is InChI=1S/C25H36N2O/c1-6-7-8-9-13-20-14-10-11-17-23(20)26-25(28)27-24-21(18(2)3)15-12-16-22(24)19(4)5/h10-12,14-19H,6-9,13H2,1-5H3,(H2,26,27,28). The first kappa shape index (κ1) is 22.0. The number of anilines is 2. The lowest BCUT2D eigenvalue weighted by atomic mass is 9.93. The number of amides is 2. The molecule has 0 unspecified atom stereocenters. The molecule has 0 radical (unpaired) electrons. The second-order valence-electron chi connectivity index (χ2n) is 8.17. The molecule has 0 aliphatic heterocycles. The third-order valence-electron chi connectivity index (χ3n) is 5.18. The van der Waals surface area contributed by atoms with Crippen LogP contribution in [0.15, 0.2) is 42.5 Å². The Morgan fingerprint density at radius 2 is 1.46 bits per heavy atom. The van der Waals surface area contributed by atoms with E-state index in [9.17, 15) is 4.79 Å². The van der Waals surface area contributed by atoms with Crippen molar-refractivity contribution in [1.82, 2.24) is 0 Å². The predicted octanol–water partition coefficient (Wildman–Crippen LogP) is 7.70. The molecule has 0 saturated heterocycles. The molecular weight excluding hydrogens is 344 g/mol. The van der Waals surface area contributed by atoms with Crippen LogP contribution in [0.4, 0.5) is 16.2 Å². The van der Waals surface area contributed by atoms with Crippen LogP contribution in [0.25, 0.3) is 0 Å². The van der Waals surface area contributed by atoms with E-state index in [1.807, 2.05) is 18.2 Å². The van der Waals surface area contributed by atoms with Crippen LogP contribution in [-0.4, -0.2) is 6.03 Å². The van der Waals surface area contributed by atoms with Gasteiger partial charge >= 0.3 is 6.03 Å². The highest BCUT2D eigenvalue weighted by atomic mass is 16.2. The quantitative estimate of drug-likeness (QED) is 0.430. The second-order valence-corrected chi connectivity index (χ2v) is 8.17. The van der Waals surface area contributed by atoms with Gasteiger partial charge in [0.05, 0.1) is 0 Å². The molecule has 152 valence electrons. The van der Waals surface area contributed by atoms with Gasteiger partial charge in [-0.25, -0.2) is 4.79 Å². The summed E-state index contributed by atoms with van der Waals surface area (Å²) in [5, 5.41) is 6.23. The van der Waals surface area contributed by atoms with Crippen LogP contribution < -0.4 is 10.6 Å². The van der Waals surface area contributed by atoms with E-state index in [0.717, 1.165) is 24.2 Å². The van der Waals surface area contributed by atoms with Crippen LogP contribution in [0.3, 0.4) is 0 Å². The highest BCUT2D eigenvalue weighted by molar-refractivity contribution is 6.01. The molecule has 0 fully saturated rings. The minimum atomic E-state index is -0.170. The predicted molar refractivity (Wildman–Crippen MR) is 122 cm³/mol. The summed E-state index contributed by atoms with van der Waals surface area (Å²) in [5.41, 5.74) is 5.41. The number of carbonyl (C=O) groups excluding carboxylic acids is 1. The van der Waals surface area contributed by atoms with Gasteiger partial charge in [0.2, 0.25) is 0 Å². The molecule has 2 N–H and O–H groups in total. The largest absolute Gasteiger partial charge is 0.323 e. The summed E-state index contributed by atoms with van der Waals surface area (Å²) in [6.45, 7) is 10.9. The van der Waals surface area contributed by atoms with E-state index in [1.54, 1.807) is 0 Å². The van der Waals surface area contributed by atoms with Crippen molar-refractivity contribution in [3.05, 3.63) is 59.2 Å². The number of urea groups is 1. The van der Waals surface area contributed by atoms with Gasteiger partial charge in [-0.3, -0.25) is 0 Å². The fraction of sp³-hybridized carbons (Fsp3) is 0.480. The number of para-hydroxylation sites is 2. The summed E-state index contributed by atoms with van der Waals surface area (Å²) in [5.74, 6) is 0.694. The van der Waals surface area contributed by atoms with Crippen LogP contribution in [0.2, 0.25) is 0 Å². The molecule has 3 heteroatoms. The van der Waals surface area contributed by atoms with E-state index >= 15 is 0 Å². The Bertz CT molecular complexity index is 739. The average Bonchev–Trinajstić information content (AvgIpc) is 2.66. The molecule has 2 rings (SSSR count). The maximum absolute atomic E-state index is 12.8. The molecule has 0 saturated carbocycles. The van der Waals surface area contributed by atoms with E-state index < -0.39 is 0 Å². The minimum absolute atomic E-state index is 0.170. The Hall–Kier alpha value is -2.29. The van der Waals surface area contributed by atoms with Gasteiger partial charge in [-0.1, -0.05) is 90.3 Å². The first-order valence-corrected chi connectivity index (χ1v) is 10.7. The highest BCUT2D eigenvalue weighted by Gasteiger charge is 2.16. The number of rotatable bonds is 9. The van der Waals surface area contributed by atoms with Crippen molar-refractivity contribution in [2.24, 2.45) is 0 Å². The molecule has 0 heterocycles. The van der Waals surface area contributed by atoms with Gasteiger partial charge in [0.25, 0.3) is 0 Å². The van der Waals surface area contributed by atoms with E-state index in [2.05, 4.69) is 69.5 Å². The first-order chi connectivity index (χ1) is 13.4. The molecule has 0 aromatic heterocycles. The average molecular weight is 381 g/mol. The number of unbranched alkanes of at least 4 members (excludes halogenated alkanes) is 3. The lowest BCUT2D eigenvalue weighted by Gasteiger charge is -2.21. The zero-order valence-electron chi connectivity index (χ0n) is 18.1. The molecule has 28 heavy (non-hydrogen) atoms. The Labute approximate surface area is 170 Å². The molecule has 0 atom stereocenters. The van der Waals surface area contributed by atoms with Gasteiger partial charge in [0.15, 0.2) is 0 Å². The third-order valence-corrected chi connectivity index (χ3v) is 5.18. The molecule has 2 aromatic carbocycles. The summed E-state index contributed by atoms with van der Waals surface area (Å²) < 4.78 is 0. The van der Waals surface area contributed by atoms with E-state index in [4.69, 9.17) is 0 Å². The smallest absolute Gasteiger partial charge is 0.307 e. The normalized spacial score (nSPS) is 11.1. The summed E-state index contributed by atoms with van der Waals surface area (Å²) in [6.07, 6.45) is 5.88. The molecule has 0 aliphatic carbocycles. The fourth-order valence-corrected chi connectivity index (χ4v) is 3.56. The number of benzene rings is 2. The minimum Gasteiger partial charge on any atom is -0.307 e. The fourth-order valence-electron chi connectivity index (χ4n) is 3.56. The summed E-state index contributed by atoms with van der Waals surface area (Å²) >= 11 is 0. The van der Waals surface area contributed by atoms with E-state index in [1.165, 1.54) is 36.0 Å². The summed E-state index contributed by atoms with van der Waals surface area (Å²) in [7, 11) is 0. The monoisotopic (exact) mass is 380 g/mol. The van der Waals surface area contributed by atoms with Crippen LogP contribution in [0.1, 0.15) is 88.8 Å². The molecule has 2 amide bonds. The maximum Gasteiger partial charge on any atom is 0.323 e. The van der Waals surface area contributed by atoms with Gasteiger partial charge < -0.3 is 10.6 Å². The van der Waals surface area contributed by atoms with Crippen LogP contribution >= 0.6 is 0 Å². The molecule has 3 nitrogen and oxygen atoms in total. The molecular formula is C25H36N2O. The topological polar surface area (TPSA) is 41.1 Å². The van der Waals surface area contributed by atoms with Gasteiger partial charge in [-0.05, 0) is 47.4 Å². The Balaban J connectivity index is 2.15. The van der Waals surface area contributed by atoms with Gasteiger partial charge in [0.1, 0.15) is 0 Å². The van der Waals surface area contributed by atoms with E-state index in [-0.39, 0.29) is 6.03 Å². The van der Waals surface area contributed by atoms with Gasteiger partial charge in [-0.2, -0.15) is 0 Å². The molecule has 0 spiro atoms. The number of hydrogen-bond donors (Lipinski definition) is 2. The van der Waals surface area contributed by atoms with Crippen molar-refractivity contribution >= 4 is 17.4 Å². The molecule has 0 bridgehead atoms. The first-order valence-electron chi connectivity index (χ1n) is 10.7. The highest BCUT2D eigenvalue weighted by Crippen LogP contribution is 2.32. The summed E-state index contributed by atoms with van der Waals surface area (Å²) in [6, 6.07) is 14.3. The van der Waals surface area contributed by atoms with E-state index in [0.29, 0.717) is 11.8 Å². The van der Waals surface area contributed by atoms with Crippen molar-refractivity contribution < 1.29 is 4.79 Å². The van der Waals surface area contributed by atoms with Crippen molar-refractivity contribution in [1.29, 1.82) is 0 Å². The number of aryl methyl sites for hydroxylation is 1. The molecule has 2 aromatic rings. The maximum atomic E-state index is 12.8. The number of nitrogens with one attached hydrogen (secondary N) is 2. The zero-order chi connectivity index (χ0) is 20.5. The van der Waals surface area contributed by atoms with Crippen molar-refractivity contribution in [3.63, 3.8) is 0 Å². The van der Waals surface area contributed by atoms with Crippen LogP contribution in [-0.2, 0) is 6.42 Å². The Kier molecular flexibility index (Phi) is 8.56. The third kappa shape index (κ3) is 6.12. The van der Waals surface area contributed by atoms with Crippen molar-refractivity contribution in [2.75, 3.05) is 10.6 Å². The summed E-state index contributed by atoms with van der Waals surface area (Å²) in [4.78, 5) is 12.8. The van der Waals surface area contributed by atoms with Gasteiger partial charge in [-0.15, -0.1) is 0 Å². The second kappa shape index (κ2) is 10.9. The lowest BCUT2D eigenvalue weighted by molar-refractivity contribution is 0.262. The number of carbonyl (C=O) groups is 1. The molecule has 0 aliphatic rings. The van der Waals surface area contributed by atoms with Crippen molar-refractivity contribution in [2.45, 2.75) is 78.6 Å². The zero-order valence-corrected chi connectivity index (χ0v) is 18.1. The van der Waals surface area contributed by atoms with Crippen LogP contribution in [0.5, 0.6) is 0 Å².